The molecular weight excluding hydrogens is 236 g/mol. The zero-order chi connectivity index (χ0) is 12.0. The summed E-state index contributed by atoms with van der Waals surface area (Å²) >= 11 is 6.01. The van der Waals surface area contributed by atoms with Crippen LogP contribution in [0.25, 0.3) is 0 Å². The van der Waals surface area contributed by atoms with Gasteiger partial charge in [0.15, 0.2) is 0 Å². The number of amides is 1. The highest BCUT2D eigenvalue weighted by Crippen LogP contribution is 2.37. The highest BCUT2D eigenvalue weighted by molar-refractivity contribution is 6.22. The van der Waals surface area contributed by atoms with Gasteiger partial charge in [-0.3, -0.25) is 9.21 Å². The summed E-state index contributed by atoms with van der Waals surface area (Å²) < 4.78 is 1.36. The zero-order valence-corrected chi connectivity index (χ0v) is 10.5. The summed E-state index contributed by atoms with van der Waals surface area (Å²) in [4.78, 5) is 14.3. The van der Waals surface area contributed by atoms with E-state index in [1.54, 1.807) is 0 Å². The van der Waals surface area contributed by atoms with Gasteiger partial charge < -0.3 is 4.90 Å². The maximum absolute atomic E-state index is 12.1. The van der Waals surface area contributed by atoms with Crippen molar-refractivity contribution in [2.45, 2.75) is 31.8 Å². The van der Waals surface area contributed by atoms with Crippen LogP contribution >= 0.6 is 11.8 Å². The third-order valence-corrected chi connectivity index (χ3v) is 4.08. The Hall–Kier alpha value is -1.22. The third-order valence-electron chi connectivity index (χ3n) is 3.78. The van der Waals surface area contributed by atoms with Crippen LogP contribution in [0.4, 0.5) is 5.69 Å². The lowest BCUT2D eigenvalue weighted by Gasteiger charge is -2.41. The molecule has 0 spiro atoms. The van der Waals surface area contributed by atoms with Gasteiger partial charge in [-0.1, -0.05) is 25.1 Å². The predicted molar refractivity (Wildman–Crippen MR) is 68.1 cm³/mol. The van der Waals surface area contributed by atoms with E-state index in [2.05, 4.69) is 24.0 Å². The van der Waals surface area contributed by atoms with Crippen LogP contribution in [0, 0.1) is 0 Å². The molecule has 0 radical (unpaired) electrons. The molecule has 90 valence electrons. The van der Waals surface area contributed by atoms with Crippen molar-refractivity contribution in [3.8, 4) is 0 Å². The highest BCUT2D eigenvalue weighted by atomic mass is 35.5. The standard InChI is InChI=1S/C13H15ClN2O/c1-2-10-8-15(14)13(17)12-7-9-5-3-4-6-11(9)16(10)12/h3-6,10,12H,2,7-8H2,1H3. The van der Waals surface area contributed by atoms with Crippen LogP contribution in [0.15, 0.2) is 24.3 Å². The van der Waals surface area contributed by atoms with Gasteiger partial charge in [0, 0.05) is 29.9 Å². The number of piperazine rings is 1. The molecule has 3 nitrogen and oxygen atoms in total. The number of halogens is 1. The first-order valence-corrected chi connectivity index (χ1v) is 6.39. The molecule has 1 fully saturated rings. The molecule has 2 unspecified atom stereocenters. The van der Waals surface area contributed by atoms with Crippen LogP contribution < -0.4 is 4.90 Å². The van der Waals surface area contributed by atoms with Gasteiger partial charge in [-0.2, -0.15) is 0 Å². The average Bonchev–Trinajstić information content (AvgIpc) is 2.73. The molecule has 0 aliphatic carbocycles. The number of nitrogens with zero attached hydrogens (tertiary/aromatic N) is 2. The maximum atomic E-state index is 12.1. The molecule has 2 aliphatic heterocycles. The number of carbonyl (C=O) groups is 1. The van der Waals surface area contributed by atoms with Crippen LogP contribution in [0.1, 0.15) is 18.9 Å². The topological polar surface area (TPSA) is 23.6 Å². The SMILES string of the molecule is CCC1CN(Cl)C(=O)C2Cc3ccccc3N12. The fourth-order valence-electron chi connectivity index (χ4n) is 2.92. The first-order chi connectivity index (χ1) is 8.22. The normalized spacial score (nSPS) is 27.1. The molecule has 17 heavy (non-hydrogen) atoms. The monoisotopic (exact) mass is 250 g/mol. The molecule has 2 aliphatic rings. The first-order valence-electron chi connectivity index (χ1n) is 6.05. The third kappa shape index (κ3) is 1.53. The largest absolute Gasteiger partial charge is 0.354 e. The lowest BCUT2D eigenvalue weighted by atomic mass is 10.1. The smallest absolute Gasteiger partial charge is 0.260 e. The van der Waals surface area contributed by atoms with Gasteiger partial charge in [-0.15, -0.1) is 0 Å². The minimum absolute atomic E-state index is 0.0348. The predicted octanol–water partition coefficient (Wildman–Crippen LogP) is 2.19. The van der Waals surface area contributed by atoms with Gasteiger partial charge in [-0.05, 0) is 18.1 Å². The molecule has 0 aromatic heterocycles. The Morgan fingerprint density at radius 2 is 2.18 bits per heavy atom. The summed E-state index contributed by atoms with van der Waals surface area (Å²) in [7, 11) is 0. The van der Waals surface area contributed by atoms with Gasteiger partial charge >= 0.3 is 0 Å². The van der Waals surface area contributed by atoms with Crippen molar-refractivity contribution in [2.75, 3.05) is 11.4 Å². The molecule has 1 aromatic rings. The average molecular weight is 251 g/mol. The number of hydrogen-bond acceptors (Lipinski definition) is 2. The molecule has 4 heteroatoms. The number of carbonyl (C=O) groups excluding carboxylic acids is 1. The minimum atomic E-state index is -0.0939. The van der Waals surface area contributed by atoms with Crippen molar-refractivity contribution in [3.63, 3.8) is 0 Å². The lowest BCUT2D eigenvalue weighted by molar-refractivity contribution is -0.129. The van der Waals surface area contributed by atoms with Crippen molar-refractivity contribution in [1.82, 2.24) is 4.42 Å². The fourth-order valence-corrected chi connectivity index (χ4v) is 3.19. The van der Waals surface area contributed by atoms with E-state index >= 15 is 0 Å². The molecular formula is C13H15ClN2O. The van der Waals surface area contributed by atoms with Crippen LogP contribution in [0.2, 0.25) is 0 Å². The second kappa shape index (κ2) is 3.91. The zero-order valence-electron chi connectivity index (χ0n) is 9.77. The summed E-state index contributed by atoms with van der Waals surface area (Å²) in [5.41, 5.74) is 2.47. The van der Waals surface area contributed by atoms with Crippen LogP contribution in [-0.4, -0.2) is 29.0 Å². The molecule has 0 N–H and O–H groups in total. The van der Waals surface area contributed by atoms with E-state index in [0.29, 0.717) is 12.6 Å². The molecule has 1 aromatic carbocycles. The van der Waals surface area contributed by atoms with Gasteiger partial charge in [0.1, 0.15) is 6.04 Å². The number of rotatable bonds is 1. The Bertz CT molecular complexity index is 462. The van der Waals surface area contributed by atoms with Crippen LogP contribution in [-0.2, 0) is 11.2 Å². The maximum Gasteiger partial charge on any atom is 0.260 e. The molecule has 2 atom stereocenters. The fraction of sp³-hybridized carbons (Fsp3) is 0.462. The second-order valence-corrected chi connectivity index (χ2v) is 5.11. The number of fused-ring (bicyclic) bond motifs is 3. The molecule has 0 saturated carbocycles. The molecule has 1 amide bonds. The molecule has 0 bridgehead atoms. The second-order valence-electron chi connectivity index (χ2n) is 4.70. The Morgan fingerprint density at radius 3 is 2.94 bits per heavy atom. The van der Waals surface area contributed by atoms with Crippen molar-refractivity contribution in [2.24, 2.45) is 0 Å². The Kier molecular flexibility index (Phi) is 2.51. The Morgan fingerprint density at radius 1 is 1.41 bits per heavy atom. The van der Waals surface area contributed by atoms with E-state index in [-0.39, 0.29) is 11.9 Å². The van der Waals surface area contributed by atoms with Gasteiger partial charge in [-0.25, -0.2) is 0 Å². The lowest BCUT2D eigenvalue weighted by Crippen LogP contribution is -2.58. The number of hydrogen-bond donors (Lipinski definition) is 0. The van der Waals surface area contributed by atoms with E-state index in [1.165, 1.54) is 15.7 Å². The minimum Gasteiger partial charge on any atom is -0.354 e. The summed E-state index contributed by atoms with van der Waals surface area (Å²) in [6.07, 6.45) is 1.79. The van der Waals surface area contributed by atoms with Crippen LogP contribution in [0.5, 0.6) is 0 Å². The number of anilines is 1. The van der Waals surface area contributed by atoms with Gasteiger partial charge in [0.05, 0.1) is 6.54 Å². The van der Waals surface area contributed by atoms with E-state index < -0.39 is 0 Å². The van der Waals surface area contributed by atoms with Gasteiger partial charge in [0.2, 0.25) is 0 Å². The van der Waals surface area contributed by atoms with Crippen molar-refractivity contribution in [3.05, 3.63) is 29.8 Å². The number of benzene rings is 1. The van der Waals surface area contributed by atoms with Crippen molar-refractivity contribution >= 4 is 23.4 Å². The van der Waals surface area contributed by atoms with Crippen molar-refractivity contribution in [1.29, 1.82) is 0 Å². The summed E-state index contributed by atoms with van der Waals surface area (Å²) in [6, 6.07) is 8.51. The molecule has 1 saturated heterocycles. The van der Waals surface area contributed by atoms with E-state index in [9.17, 15) is 4.79 Å². The molecule has 2 heterocycles. The highest BCUT2D eigenvalue weighted by Gasteiger charge is 2.44. The number of para-hydroxylation sites is 1. The Labute approximate surface area is 106 Å². The van der Waals surface area contributed by atoms with Crippen molar-refractivity contribution < 1.29 is 4.79 Å². The van der Waals surface area contributed by atoms with E-state index in [0.717, 1.165) is 12.8 Å². The Balaban J connectivity index is 2.04. The first kappa shape index (κ1) is 10.9. The quantitative estimate of drug-likeness (QED) is 0.714. The summed E-state index contributed by atoms with van der Waals surface area (Å²) in [6.45, 7) is 2.75. The van der Waals surface area contributed by atoms with Crippen LogP contribution in [0.3, 0.4) is 0 Å². The summed E-state index contributed by atoms with van der Waals surface area (Å²) in [5.74, 6) is 0.0348. The summed E-state index contributed by atoms with van der Waals surface area (Å²) in [5, 5.41) is 0. The van der Waals surface area contributed by atoms with Gasteiger partial charge in [0.25, 0.3) is 5.91 Å². The van der Waals surface area contributed by atoms with E-state index in [1.807, 2.05) is 12.1 Å². The van der Waals surface area contributed by atoms with E-state index in [4.69, 9.17) is 11.8 Å². The molecule has 3 rings (SSSR count).